The van der Waals surface area contributed by atoms with Crippen LogP contribution in [-0.2, 0) is 24.4 Å². The van der Waals surface area contributed by atoms with E-state index in [0.29, 0.717) is 30.5 Å². The highest BCUT2D eigenvalue weighted by atomic mass is 127. The fourth-order valence-corrected chi connectivity index (χ4v) is 3.28. The van der Waals surface area contributed by atoms with Gasteiger partial charge in [0, 0.05) is 26.2 Å². The van der Waals surface area contributed by atoms with Gasteiger partial charge in [-0.05, 0) is 28.8 Å². The van der Waals surface area contributed by atoms with E-state index in [2.05, 4.69) is 39.5 Å². The highest BCUT2D eigenvalue weighted by Crippen LogP contribution is 2.27. The molecule has 3 rings (SSSR count). The molecule has 1 aliphatic rings. The minimum absolute atomic E-state index is 0. The van der Waals surface area contributed by atoms with Crippen molar-refractivity contribution in [1.29, 1.82) is 0 Å². The molecule has 1 aliphatic heterocycles. The van der Waals surface area contributed by atoms with Gasteiger partial charge in [-0.2, -0.15) is 0 Å². The summed E-state index contributed by atoms with van der Waals surface area (Å²) in [7, 11) is 3.24. The lowest BCUT2D eigenvalue weighted by molar-refractivity contribution is 0.0341. The van der Waals surface area contributed by atoms with Crippen LogP contribution in [0.25, 0.3) is 0 Å². The SMILES string of the molecule is COc1ccc(CN=C(N)NCc2ccccc2CN2CCOCC2)cc1OC.I. The first-order valence-corrected chi connectivity index (χ1v) is 9.81. The number of morpholine rings is 1. The first kappa shape index (κ1) is 24.2. The Balaban J connectivity index is 0.00000320. The molecule has 0 saturated carbocycles. The number of hydrogen-bond acceptors (Lipinski definition) is 5. The van der Waals surface area contributed by atoms with E-state index in [1.165, 1.54) is 11.1 Å². The van der Waals surface area contributed by atoms with Crippen LogP contribution in [0.15, 0.2) is 47.5 Å². The number of nitrogens with two attached hydrogens (primary N) is 1. The molecule has 0 bridgehead atoms. The van der Waals surface area contributed by atoms with E-state index in [1.54, 1.807) is 14.2 Å². The van der Waals surface area contributed by atoms with Crippen molar-refractivity contribution in [3.8, 4) is 11.5 Å². The van der Waals surface area contributed by atoms with Gasteiger partial charge in [0.2, 0.25) is 0 Å². The number of benzene rings is 2. The number of aliphatic imine (C=N–C) groups is 1. The van der Waals surface area contributed by atoms with Crippen molar-refractivity contribution >= 4 is 29.9 Å². The van der Waals surface area contributed by atoms with Crippen LogP contribution >= 0.6 is 24.0 Å². The lowest BCUT2D eigenvalue weighted by atomic mass is 10.1. The maximum atomic E-state index is 6.09. The van der Waals surface area contributed by atoms with Gasteiger partial charge in [-0.1, -0.05) is 30.3 Å². The predicted molar refractivity (Wildman–Crippen MR) is 130 cm³/mol. The van der Waals surface area contributed by atoms with E-state index >= 15 is 0 Å². The van der Waals surface area contributed by atoms with Crippen LogP contribution < -0.4 is 20.5 Å². The van der Waals surface area contributed by atoms with E-state index in [4.69, 9.17) is 19.9 Å². The Morgan fingerprint density at radius 3 is 2.47 bits per heavy atom. The molecular formula is C22H31IN4O3. The third kappa shape index (κ3) is 7.03. The molecule has 0 aromatic heterocycles. The number of methoxy groups -OCH3 is 2. The zero-order valence-electron chi connectivity index (χ0n) is 17.6. The Morgan fingerprint density at radius 2 is 1.77 bits per heavy atom. The molecule has 2 aromatic rings. The highest BCUT2D eigenvalue weighted by molar-refractivity contribution is 14.0. The van der Waals surface area contributed by atoms with Gasteiger partial charge in [0.25, 0.3) is 0 Å². The maximum absolute atomic E-state index is 6.09. The lowest BCUT2D eigenvalue weighted by Crippen LogP contribution is -2.36. The van der Waals surface area contributed by atoms with Crippen LogP contribution in [0.1, 0.15) is 16.7 Å². The Labute approximate surface area is 195 Å². The van der Waals surface area contributed by atoms with E-state index in [-0.39, 0.29) is 24.0 Å². The van der Waals surface area contributed by atoms with Crippen LogP contribution in [0, 0.1) is 0 Å². The number of rotatable bonds is 8. The average molecular weight is 526 g/mol. The summed E-state index contributed by atoms with van der Waals surface area (Å²) in [4.78, 5) is 6.86. The second-order valence-electron chi connectivity index (χ2n) is 6.90. The standard InChI is InChI=1S/C22H30N4O3.HI/c1-27-20-8-7-17(13-21(20)28-2)14-24-22(23)25-15-18-5-3-4-6-19(18)16-26-9-11-29-12-10-26;/h3-8,13H,9-12,14-16H2,1-2H3,(H3,23,24,25);1H. The van der Waals surface area contributed by atoms with Crippen LogP contribution in [-0.4, -0.2) is 51.4 Å². The summed E-state index contributed by atoms with van der Waals surface area (Å²) in [5, 5.41) is 3.23. The fourth-order valence-electron chi connectivity index (χ4n) is 3.28. The Morgan fingerprint density at radius 1 is 1.07 bits per heavy atom. The van der Waals surface area contributed by atoms with Crippen molar-refractivity contribution in [1.82, 2.24) is 10.2 Å². The first-order chi connectivity index (χ1) is 14.2. The third-order valence-corrected chi connectivity index (χ3v) is 4.96. The number of nitrogens with zero attached hydrogens (tertiary/aromatic N) is 2. The number of guanidine groups is 1. The van der Waals surface area contributed by atoms with Gasteiger partial charge >= 0.3 is 0 Å². The largest absolute Gasteiger partial charge is 0.493 e. The zero-order valence-corrected chi connectivity index (χ0v) is 19.9. The molecule has 0 aliphatic carbocycles. The number of halogens is 1. The van der Waals surface area contributed by atoms with E-state index < -0.39 is 0 Å². The number of nitrogens with one attached hydrogen (secondary N) is 1. The minimum Gasteiger partial charge on any atom is -0.493 e. The van der Waals surface area contributed by atoms with Gasteiger partial charge in [-0.25, -0.2) is 4.99 Å². The number of hydrogen-bond donors (Lipinski definition) is 2. The molecule has 0 amide bonds. The van der Waals surface area contributed by atoms with Crippen molar-refractivity contribution in [3.05, 3.63) is 59.2 Å². The van der Waals surface area contributed by atoms with Gasteiger partial charge in [0.1, 0.15) is 0 Å². The monoisotopic (exact) mass is 526 g/mol. The van der Waals surface area contributed by atoms with E-state index in [1.807, 2.05) is 18.2 Å². The van der Waals surface area contributed by atoms with E-state index in [9.17, 15) is 0 Å². The second kappa shape index (κ2) is 12.6. The van der Waals surface area contributed by atoms with Crippen LogP contribution in [0.5, 0.6) is 11.5 Å². The van der Waals surface area contributed by atoms with Crippen molar-refractivity contribution in [2.45, 2.75) is 19.6 Å². The molecule has 3 N–H and O–H groups in total. The molecule has 30 heavy (non-hydrogen) atoms. The molecule has 1 fully saturated rings. The molecule has 1 heterocycles. The maximum Gasteiger partial charge on any atom is 0.189 e. The zero-order chi connectivity index (χ0) is 20.5. The van der Waals surface area contributed by atoms with Crippen molar-refractivity contribution in [3.63, 3.8) is 0 Å². The summed E-state index contributed by atoms with van der Waals surface area (Å²) in [6.45, 7) is 5.57. The topological polar surface area (TPSA) is 81.3 Å². The summed E-state index contributed by atoms with van der Waals surface area (Å²) in [6.07, 6.45) is 0. The lowest BCUT2D eigenvalue weighted by Gasteiger charge is -2.27. The Kier molecular flexibility index (Phi) is 10.2. The van der Waals surface area contributed by atoms with Gasteiger partial charge in [0.15, 0.2) is 17.5 Å². The molecule has 8 heteroatoms. The summed E-state index contributed by atoms with van der Waals surface area (Å²) in [5.74, 6) is 1.80. The predicted octanol–water partition coefficient (Wildman–Crippen LogP) is 2.76. The summed E-state index contributed by atoms with van der Waals surface area (Å²) in [5.41, 5.74) is 9.61. The average Bonchev–Trinajstić information content (AvgIpc) is 2.77. The smallest absolute Gasteiger partial charge is 0.189 e. The third-order valence-electron chi connectivity index (χ3n) is 4.96. The summed E-state index contributed by atoms with van der Waals surface area (Å²) < 4.78 is 16.0. The van der Waals surface area contributed by atoms with Crippen molar-refractivity contribution in [2.24, 2.45) is 10.7 Å². The van der Waals surface area contributed by atoms with Gasteiger partial charge in [-0.15, -0.1) is 24.0 Å². The minimum atomic E-state index is 0. The molecular weight excluding hydrogens is 495 g/mol. The van der Waals surface area contributed by atoms with Gasteiger partial charge < -0.3 is 25.3 Å². The van der Waals surface area contributed by atoms with Crippen LogP contribution in [0.3, 0.4) is 0 Å². The molecule has 1 saturated heterocycles. The highest BCUT2D eigenvalue weighted by Gasteiger charge is 2.12. The van der Waals surface area contributed by atoms with Gasteiger partial charge in [-0.3, -0.25) is 4.90 Å². The van der Waals surface area contributed by atoms with Crippen molar-refractivity contribution < 1.29 is 14.2 Å². The fraction of sp³-hybridized carbons (Fsp3) is 0.409. The summed E-state index contributed by atoms with van der Waals surface area (Å²) in [6, 6.07) is 14.2. The molecule has 0 unspecified atom stereocenters. The van der Waals surface area contributed by atoms with Gasteiger partial charge in [0.05, 0.1) is 34.0 Å². The van der Waals surface area contributed by atoms with E-state index in [0.717, 1.165) is 38.4 Å². The molecule has 164 valence electrons. The molecule has 2 aromatic carbocycles. The van der Waals surface area contributed by atoms with Crippen LogP contribution in [0.2, 0.25) is 0 Å². The van der Waals surface area contributed by atoms with Crippen molar-refractivity contribution in [2.75, 3.05) is 40.5 Å². The quantitative estimate of drug-likeness (QED) is 0.313. The number of ether oxygens (including phenoxy) is 3. The normalized spacial score (nSPS) is 14.7. The molecule has 7 nitrogen and oxygen atoms in total. The Hall–Kier alpha value is -2.04. The molecule has 0 atom stereocenters. The molecule has 0 radical (unpaired) electrons. The summed E-state index contributed by atoms with van der Waals surface area (Å²) >= 11 is 0. The second-order valence-corrected chi connectivity index (χ2v) is 6.90. The molecule has 0 spiro atoms. The Bertz CT molecular complexity index is 826. The van der Waals surface area contributed by atoms with Crippen LogP contribution in [0.4, 0.5) is 0 Å². The first-order valence-electron chi connectivity index (χ1n) is 9.81.